The first-order valence-electron chi connectivity index (χ1n) is 10.9. The fourth-order valence-electron chi connectivity index (χ4n) is 2.89. The van der Waals surface area contributed by atoms with E-state index in [1.165, 1.54) is 33.4 Å². The molecule has 40 heavy (non-hydrogen) atoms. The Hall–Kier alpha value is 1.09. The van der Waals surface area contributed by atoms with Crippen LogP contribution in [0, 0.1) is 85.1 Å². The molecule has 4 rings (SSSR count). The zero-order chi connectivity index (χ0) is 23.9. The van der Waals surface area contributed by atoms with Gasteiger partial charge in [-0.1, -0.05) is 41.5 Å². The third-order valence-corrected chi connectivity index (χ3v) is 4.29. The van der Waals surface area contributed by atoms with Gasteiger partial charge in [-0.2, -0.15) is 0 Å². The van der Waals surface area contributed by atoms with Crippen molar-refractivity contribution in [2.45, 2.75) is 55.4 Å². The molecule has 4 aromatic rings. The first kappa shape index (κ1) is 60.3. The Bertz CT molecular complexity index is 847. The first-order chi connectivity index (χ1) is 15.2. The SMILES string of the molecule is Cc1cccc(C)c1.Cc1ccnc(C)c1.Cc1ccnc(C)c1.Cc1cncc(C)c1.[CH3-].[CH3-].[CH3-].[CH3-].[Y].[Y].[Y].[Y]. The average Bonchev–Trinajstić information content (AvgIpc) is 2.69. The van der Waals surface area contributed by atoms with Crippen LogP contribution in [0.2, 0.25) is 0 Å². The van der Waals surface area contributed by atoms with Crippen molar-refractivity contribution in [2.24, 2.45) is 0 Å². The number of aromatic nitrogens is 3. The number of hydrogen-bond donors (Lipinski definition) is 0. The van der Waals surface area contributed by atoms with Crippen LogP contribution < -0.4 is 0 Å². The summed E-state index contributed by atoms with van der Waals surface area (Å²) in [6.45, 7) is 16.4. The number of rotatable bonds is 0. The average molecular weight is 843 g/mol. The van der Waals surface area contributed by atoms with Gasteiger partial charge in [0.15, 0.2) is 0 Å². The fraction of sp³-hybridized carbons (Fsp3) is 0.242. The maximum atomic E-state index is 4.04. The number of benzene rings is 1. The molecular formula is C33H49N3Y4-4. The Morgan fingerprint density at radius 1 is 0.400 bits per heavy atom. The number of pyridine rings is 3. The zero-order valence-electron chi connectivity index (χ0n) is 27.2. The second-order valence-electron chi connectivity index (χ2n) is 8.15. The second kappa shape index (κ2) is 36.3. The molecule has 0 aliphatic carbocycles. The molecule has 0 unspecified atom stereocenters. The van der Waals surface area contributed by atoms with Crippen molar-refractivity contribution < 1.29 is 131 Å². The molecule has 0 bridgehead atoms. The molecule has 0 saturated carbocycles. The molecule has 0 saturated heterocycles. The predicted octanol–water partition coefficient (Wildman–Crippen LogP) is 9.19. The van der Waals surface area contributed by atoms with Crippen molar-refractivity contribution in [3.8, 4) is 0 Å². The Morgan fingerprint density at radius 2 is 0.700 bits per heavy atom. The summed E-state index contributed by atoms with van der Waals surface area (Å²) in [5.74, 6) is 0. The maximum Gasteiger partial charge on any atom is 0.0375 e. The molecule has 0 N–H and O–H groups in total. The van der Waals surface area contributed by atoms with Crippen LogP contribution in [0.25, 0.3) is 0 Å². The van der Waals surface area contributed by atoms with E-state index in [-0.39, 0.29) is 161 Å². The molecule has 1 aromatic carbocycles. The van der Waals surface area contributed by atoms with Gasteiger partial charge in [0.2, 0.25) is 0 Å². The van der Waals surface area contributed by atoms with E-state index in [4.69, 9.17) is 0 Å². The number of aryl methyl sites for hydroxylation is 8. The largest absolute Gasteiger partial charge is 0.358 e. The van der Waals surface area contributed by atoms with Crippen LogP contribution in [0.3, 0.4) is 0 Å². The summed E-state index contributed by atoms with van der Waals surface area (Å²) in [6, 6.07) is 18.7. The van der Waals surface area contributed by atoms with Crippen LogP contribution in [0.1, 0.15) is 44.8 Å². The molecule has 3 nitrogen and oxygen atoms in total. The summed E-state index contributed by atoms with van der Waals surface area (Å²) in [5, 5.41) is 0. The van der Waals surface area contributed by atoms with Crippen molar-refractivity contribution >= 4 is 0 Å². The van der Waals surface area contributed by atoms with Crippen LogP contribution in [0.5, 0.6) is 0 Å². The first-order valence-corrected chi connectivity index (χ1v) is 10.9. The van der Waals surface area contributed by atoms with Crippen LogP contribution in [0.15, 0.2) is 79.4 Å². The van der Waals surface area contributed by atoms with Gasteiger partial charge in [-0.3, -0.25) is 15.0 Å². The third-order valence-electron chi connectivity index (χ3n) is 4.29. The van der Waals surface area contributed by atoms with Gasteiger partial charge >= 0.3 is 0 Å². The molecule has 0 amide bonds. The normalized spacial score (nSPS) is 7.40. The summed E-state index contributed by atoms with van der Waals surface area (Å²) in [7, 11) is 0. The molecule has 0 aliphatic rings. The van der Waals surface area contributed by atoms with E-state index in [1.807, 2.05) is 64.6 Å². The third kappa shape index (κ3) is 33.6. The molecule has 0 fully saturated rings. The van der Waals surface area contributed by atoms with Gasteiger partial charge in [-0.15, -0.1) is 0 Å². The minimum absolute atomic E-state index is 0. The maximum absolute atomic E-state index is 4.04. The topological polar surface area (TPSA) is 38.7 Å². The smallest absolute Gasteiger partial charge is 0.0375 e. The van der Waals surface area contributed by atoms with Crippen molar-refractivity contribution in [3.63, 3.8) is 0 Å². The number of nitrogens with zero attached hydrogens (tertiary/aromatic N) is 3. The Morgan fingerprint density at radius 3 is 0.875 bits per heavy atom. The van der Waals surface area contributed by atoms with E-state index in [0.717, 1.165) is 11.4 Å². The van der Waals surface area contributed by atoms with Crippen LogP contribution in [-0.4, -0.2) is 15.0 Å². The predicted molar refractivity (Wildman–Crippen MR) is 163 cm³/mol. The van der Waals surface area contributed by atoms with E-state index in [0.29, 0.717) is 0 Å². The minimum Gasteiger partial charge on any atom is -0.358 e. The van der Waals surface area contributed by atoms with Gasteiger partial charge in [-0.25, -0.2) is 0 Å². The van der Waals surface area contributed by atoms with Gasteiger partial charge in [-0.05, 0) is 102 Å². The van der Waals surface area contributed by atoms with Gasteiger partial charge < -0.3 is 29.7 Å². The van der Waals surface area contributed by atoms with Crippen molar-refractivity contribution in [1.29, 1.82) is 0 Å². The summed E-state index contributed by atoms with van der Waals surface area (Å²) in [5.41, 5.74) is 9.86. The van der Waals surface area contributed by atoms with Gasteiger partial charge in [0.05, 0.1) is 0 Å². The Labute approximate surface area is 349 Å². The van der Waals surface area contributed by atoms with E-state index >= 15 is 0 Å². The van der Waals surface area contributed by atoms with Crippen molar-refractivity contribution in [3.05, 3.63) is 154 Å². The van der Waals surface area contributed by atoms with Crippen molar-refractivity contribution in [2.75, 3.05) is 0 Å². The Kier molecular flexibility index (Phi) is 54.7. The molecular weight excluding hydrogens is 794 g/mol. The van der Waals surface area contributed by atoms with Gasteiger partial charge in [0.1, 0.15) is 0 Å². The van der Waals surface area contributed by atoms with E-state index in [2.05, 4.69) is 85.1 Å². The standard InChI is InChI=1S/C8H10.3C7H9N.4CH3.4Y/c1-7-4-3-5-8(2)6-7;1-6-3-7(2)5-8-4-6;2*1-6-3-4-8-7(2)5-6;;;;;;;;/h3-6H,1-2H3;3*3-5H,1-2H3;4*1H3;;;;/q;;;;4*-1;;;;. The minimum atomic E-state index is 0. The monoisotopic (exact) mass is 843 g/mol. The summed E-state index contributed by atoms with van der Waals surface area (Å²) < 4.78 is 0. The zero-order valence-corrected chi connectivity index (χ0v) is 38.5. The van der Waals surface area contributed by atoms with E-state index in [9.17, 15) is 0 Å². The summed E-state index contributed by atoms with van der Waals surface area (Å²) in [4.78, 5) is 12.1. The second-order valence-corrected chi connectivity index (χ2v) is 8.15. The molecule has 7 heteroatoms. The van der Waals surface area contributed by atoms with E-state index in [1.54, 1.807) is 0 Å². The molecule has 0 aliphatic heterocycles. The molecule has 4 radical (unpaired) electrons. The van der Waals surface area contributed by atoms with Crippen LogP contribution in [0.4, 0.5) is 0 Å². The molecule has 0 spiro atoms. The molecule has 212 valence electrons. The van der Waals surface area contributed by atoms with E-state index < -0.39 is 0 Å². The summed E-state index contributed by atoms with van der Waals surface area (Å²) in [6.07, 6.45) is 7.36. The van der Waals surface area contributed by atoms with Crippen LogP contribution >= 0.6 is 0 Å². The van der Waals surface area contributed by atoms with Gasteiger partial charge in [0.25, 0.3) is 0 Å². The molecule has 3 heterocycles. The summed E-state index contributed by atoms with van der Waals surface area (Å²) >= 11 is 0. The quantitative estimate of drug-likeness (QED) is 0.166. The molecule has 0 atom stereocenters. The molecule has 3 aromatic heterocycles. The Balaban J connectivity index is -0.0000000533. The number of hydrogen-bond acceptors (Lipinski definition) is 3. The van der Waals surface area contributed by atoms with Crippen molar-refractivity contribution in [1.82, 2.24) is 15.0 Å². The fourth-order valence-corrected chi connectivity index (χ4v) is 2.89. The van der Waals surface area contributed by atoms with Gasteiger partial charge in [0, 0.05) is 167 Å². The van der Waals surface area contributed by atoms with Crippen LogP contribution in [-0.2, 0) is 131 Å².